The van der Waals surface area contributed by atoms with E-state index in [1.54, 1.807) is 4.90 Å². The van der Waals surface area contributed by atoms with Crippen molar-refractivity contribution in [2.24, 2.45) is 0 Å². The lowest BCUT2D eigenvalue weighted by molar-refractivity contribution is 0.179. The van der Waals surface area contributed by atoms with Crippen molar-refractivity contribution in [3.63, 3.8) is 0 Å². The summed E-state index contributed by atoms with van der Waals surface area (Å²) < 4.78 is 0. The number of aliphatic hydroxyl groups excluding tert-OH is 1. The molecule has 0 bridgehead atoms. The zero-order chi connectivity index (χ0) is 20.1. The molecule has 1 aromatic carbocycles. The Morgan fingerprint density at radius 2 is 2.00 bits per heavy atom. The number of benzene rings is 1. The molecule has 0 saturated heterocycles. The Morgan fingerprint density at radius 3 is 2.71 bits per heavy atom. The normalized spacial score (nSPS) is 15.0. The second-order valence-electron chi connectivity index (χ2n) is 7.88. The van der Waals surface area contributed by atoms with Crippen molar-refractivity contribution >= 4 is 16.9 Å². The average molecular weight is 386 g/mol. The molecule has 1 aliphatic rings. The zero-order valence-electron chi connectivity index (χ0n) is 16.9. The third-order valence-corrected chi connectivity index (χ3v) is 5.80. The summed E-state index contributed by atoms with van der Waals surface area (Å²) in [7, 11) is 0. The van der Waals surface area contributed by atoms with Gasteiger partial charge in [-0.3, -0.25) is 4.79 Å². The molecule has 28 heavy (non-hydrogen) atoms. The molecular weight excluding hydrogens is 354 g/mol. The van der Waals surface area contributed by atoms with Gasteiger partial charge in [0.1, 0.15) is 0 Å². The van der Waals surface area contributed by atoms with E-state index in [0.717, 1.165) is 47.7 Å². The Hall–Kier alpha value is -2.34. The molecule has 1 aliphatic carbocycles. The quantitative estimate of drug-likeness (QED) is 0.713. The highest BCUT2D eigenvalue weighted by Crippen LogP contribution is 2.20. The number of hydrogen-bond acceptors (Lipinski definition) is 3. The number of nitrogens with zero attached hydrogens (tertiary/aromatic N) is 1. The first-order chi connectivity index (χ1) is 13.5. The fraction of sp³-hybridized carbons (Fsp3) is 0.545. The largest absolute Gasteiger partial charge is 0.396 e. The maximum atomic E-state index is 12.8. The summed E-state index contributed by atoms with van der Waals surface area (Å²) in [6.07, 6.45) is 6.02. The van der Waals surface area contributed by atoms with Crippen LogP contribution in [0.1, 0.15) is 55.2 Å². The second kappa shape index (κ2) is 9.24. The highest BCUT2D eigenvalue weighted by Gasteiger charge is 2.21. The SMILES string of the molecule is Cc1ccc2cc(CN(CCCO)C(=O)NC3CCCCC3)c(=O)[nH]c2c1C. The minimum atomic E-state index is -0.166. The van der Waals surface area contributed by atoms with Crippen molar-refractivity contribution in [1.82, 2.24) is 15.2 Å². The predicted octanol–water partition coefficient (Wildman–Crippen LogP) is 3.37. The summed E-state index contributed by atoms with van der Waals surface area (Å²) in [6, 6.07) is 5.97. The molecule has 6 heteroatoms. The molecule has 1 fully saturated rings. The van der Waals surface area contributed by atoms with Crippen LogP contribution in [0.3, 0.4) is 0 Å². The number of fused-ring (bicyclic) bond motifs is 1. The maximum Gasteiger partial charge on any atom is 0.317 e. The molecule has 1 heterocycles. The van der Waals surface area contributed by atoms with Crippen LogP contribution >= 0.6 is 0 Å². The summed E-state index contributed by atoms with van der Waals surface area (Å²) in [5.74, 6) is 0. The van der Waals surface area contributed by atoms with E-state index in [4.69, 9.17) is 0 Å². The van der Waals surface area contributed by atoms with Crippen LogP contribution in [0, 0.1) is 13.8 Å². The average Bonchev–Trinajstić information content (AvgIpc) is 2.69. The summed E-state index contributed by atoms with van der Waals surface area (Å²) in [4.78, 5) is 30.1. The lowest BCUT2D eigenvalue weighted by Crippen LogP contribution is -2.46. The highest BCUT2D eigenvalue weighted by atomic mass is 16.3. The number of aromatic nitrogens is 1. The molecule has 0 radical (unpaired) electrons. The molecular formula is C22H31N3O3. The van der Waals surface area contributed by atoms with Gasteiger partial charge in [0, 0.05) is 24.8 Å². The highest BCUT2D eigenvalue weighted by molar-refractivity contribution is 5.83. The Morgan fingerprint density at radius 1 is 1.25 bits per heavy atom. The van der Waals surface area contributed by atoms with Crippen LogP contribution in [0.5, 0.6) is 0 Å². The fourth-order valence-corrected chi connectivity index (χ4v) is 3.92. The number of pyridine rings is 1. The number of aryl methyl sites for hydroxylation is 2. The van der Waals surface area contributed by atoms with Crippen molar-refractivity contribution < 1.29 is 9.90 Å². The maximum absolute atomic E-state index is 12.8. The van der Waals surface area contributed by atoms with Crippen LogP contribution in [0.2, 0.25) is 0 Å². The molecule has 2 amide bonds. The number of rotatable bonds is 6. The van der Waals surface area contributed by atoms with E-state index in [-0.39, 0.29) is 30.8 Å². The summed E-state index contributed by atoms with van der Waals surface area (Å²) in [6.45, 7) is 4.68. The molecule has 1 aromatic heterocycles. The van der Waals surface area contributed by atoms with Crippen molar-refractivity contribution in [1.29, 1.82) is 0 Å². The molecule has 6 nitrogen and oxygen atoms in total. The third-order valence-electron chi connectivity index (χ3n) is 5.80. The molecule has 152 valence electrons. The Balaban J connectivity index is 1.81. The third kappa shape index (κ3) is 4.73. The van der Waals surface area contributed by atoms with Crippen molar-refractivity contribution in [2.45, 2.75) is 65.0 Å². The molecule has 0 spiro atoms. The van der Waals surface area contributed by atoms with Crippen LogP contribution in [-0.2, 0) is 6.54 Å². The van der Waals surface area contributed by atoms with Gasteiger partial charge < -0.3 is 20.3 Å². The Kier molecular flexibility index (Phi) is 6.73. The minimum Gasteiger partial charge on any atom is -0.396 e. The standard InChI is InChI=1S/C22H31N3O3/c1-15-9-10-17-13-18(21(27)24-20(17)16(15)2)14-25(11-6-12-26)22(28)23-19-7-4-3-5-8-19/h9-10,13,19,26H,3-8,11-12,14H2,1-2H3,(H,23,28)(H,24,27). The Bertz CT molecular complexity index is 884. The number of aliphatic hydroxyl groups is 1. The van der Waals surface area contributed by atoms with Gasteiger partial charge in [0.2, 0.25) is 0 Å². The van der Waals surface area contributed by atoms with Gasteiger partial charge >= 0.3 is 6.03 Å². The van der Waals surface area contributed by atoms with Crippen molar-refractivity contribution in [3.8, 4) is 0 Å². The first kappa shape index (κ1) is 20.4. The van der Waals surface area contributed by atoms with Gasteiger partial charge in [-0.25, -0.2) is 4.79 Å². The monoisotopic (exact) mass is 385 g/mol. The van der Waals surface area contributed by atoms with E-state index in [1.165, 1.54) is 6.42 Å². The van der Waals surface area contributed by atoms with Crippen LogP contribution in [0.4, 0.5) is 4.79 Å². The van der Waals surface area contributed by atoms with Gasteiger partial charge in [0.15, 0.2) is 0 Å². The number of urea groups is 1. The van der Waals surface area contributed by atoms with Crippen LogP contribution < -0.4 is 10.9 Å². The van der Waals surface area contributed by atoms with E-state index in [9.17, 15) is 14.7 Å². The van der Waals surface area contributed by atoms with Crippen LogP contribution in [0.15, 0.2) is 23.0 Å². The lowest BCUT2D eigenvalue weighted by Gasteiger charge is -2.28. The molecule has 3 N–H and O–H groups in total. The van der Waals surface area contributed by atoms with E-state index in [0.29, 0.717) is 18.5 Å². The predicted molar refractivity (Wildman–Crippen MR) is 112 cm³/mol. The van der Waals surface area contributed by atoms with Gasteiger partial charge in [-0.15, -0.1) is 0 Å². The van der Waals surface area contributed by atoms with E-state index >= 15 is 0 Å². The number of carbonyl (C=O) groups excluding carboxylic acids is 1. The van der Waals surface area contributed by atoms with Gasteiger partial charge in [-0.05, 0) is 55.7 Å². The zero-order valence-corrected chi connectivity index (χ0v) is 16.9. The van der Waals surface area contributed by atoms with Gasteiger partial charge in [-0.2, -0.15) is 0 Å². The fourth-order valence-electron chi connectivity index (χ4n) is 3.92. The number of amides is 2. The number of carbonyl (C=O) groups is 1. The summed E-state index contributed by atoms with van der Waals surface area (Å²) in [5, 5.41) is 13.3. The van der Waals surface area contributed by atoms with Crippen molar-refractivity contribution in [3.05, 3.63) is 45.2 Å². The lowest BCUT2D eigenvalue weighted by atomic mass is 9.96. The number of nitrogens with one attached hydrogen (secondary N) is 2. The topological polar surface area (TPSA) is 85.4 Å². The molecule has 3 rings (SSSR count). The molecule has 1 saturated carbocycles. The van der Waals surface area contributed by atoms with E-state index < -0.39 is 0 Å². The molecule has 0 unspecified atom stereocenters. The van der Waals surface area contributed by atoms with Gasteiger partial charge in [0.25, 0.3) is 5.56 Å². The van der Waals surface area contributed by atoms with Crippen LogP contribution in [0.25, 0.3) is 10.9 Å². The first-order valence-electron chi connectivity index (χ1n) is 10.3. The van der Waals surface area contributed by atoms with Crippen LogP contribution in [-0.4, -0.2) is 40.2 Å². The van der Waals surface area contributed by atoms with E-state index in [1.807, 2.05) is 32.0 Å². The van der Waals surface area contributed by atoms with Gasteiger partial charge in [0.05, 0.1) is 12.1 Å². The molecule has 0 atom stereocenters. The number of hydrogen-bond donors (Lipinski definition) is 3. The van der Waals surface area contributed by atoms with Gasteiger partial charge in [-0.1, -0.05) is 31.4 Å². The molecule has 0 aliphatic heterocycles. The molecule has 2 aromatic rings. The summed E-state index contributed by atoms with van der Waals surface area (Å²) >= 11 is 0. The Labute approximate surface area is 165 Å². The van der Waals surface area contributed by atoms with E-state index in [2.05, 4.69) is 10.3 Å². The number of H-pyrrole nitrogens is 1. The first-order valence-corrected chi connectivity index (χ1v) is 10.3. The minimum absolute atomic E-state index is 0.0136. The van der Waals surface area contributed by atoms with Crippen molar-refractivity contribution in [2.75, 3.05) is 13.2 Å². The summed E-state index contributed by atoms with van der Waals surface area (Å²) in [5.41, 5.74) is 3.44. The number of aromatic amines is 1. The second-order valence-corrected chi connectivity index (χ2v) is 7.88. The smallest absolute Gasteiger partial charge is 0.317 e.